The lowest BCUT2D eigenvalue weighted by molar-refractivity contribution is -0.0000132. The van der Waals surface area contributed by atoms with Crippen LogP contribution in [-0.2, 0) is 16.7 Å². The molecular formula is C16H26N4O2. The van der Waals surface area contributed by atoms with Gasteiger partial charge in [0.15, 0.2) is 0 Å². The molecule has 1 spiro atoms. The zero-order valence-electron chi connectivity index (χ0n) is 13.9. The molecule has 0 bridgehead atoms. The maximum Gasteiger partial charge on any atom is 0.410 e. The fourth-order valence-corrected chi connectivity index (χ4v) is 3.65. The summed E-state index contributed by atoms with van der Waals surface area (Å²) in [6, 6.07) is 0.124. The molecule has 0 radical (unpaired) electrons. The van der Waals surface area contributed by atoms with Gasteiger partial charge in [-0.15, -0.1) is 0 Å². The number of ether oxygens (including phenoxy) is 1. The molecule has 122 valence electrons. The molecular weight excluding hydrogens is 280 g/mol. The highest BCUT2D eigenvalue weighted by Crippen LogP contribution is 2.38. The van der Waals surface area contributed by atoms with Gasteiger partial charge in [-0.2, -0.15) is 0 Å². The van der Waals surface area contributed by atoms with E-state index >= 15 is 0 Å². The van der Waals surface area contributed by atoms with Crippen LogP contribution in [0.4, 0.5) is 4.79 Å². The Balaban J connectivity index is 1.75. The molecule has 1 fully saturated rings. The number of amides is 1. The van der Waals surface area contributed by atoms with Crippen molar-refractivity contribution < 1.29 is 9.53 Å². The molecule has 0 aliphatic carbocycles. The number of H-pyrrole nitrogens is 1. The predicted molar refractivity (Wildman–Crippen MR) is 83.6 cm³/mol. The lowest BCUT2D eigenvalue weighted by Gasteiger charge is -2.47. The van der Waals surface area contributed by atoms with Gasteiger partial charge in [-0.05, 0) is 40.5 Å². The number of aromatic amines is 1. The van der Waals surface area contributed by atoms with E-state index in [1.165, 1.54) is 5.69 Å². The van der Waals surface area contributed by atoms with Crippen molar-refractivity contribution in [3.63, 3.8) is 0 Å². The van der Waals surface area contributed by atoms with Crippen molar-refractivity contribution in [2.45, 2.75) is 64.1 Å². The standard InChI is InChI=1S/C16H26N4O2/c1-11-9-16(13-12(5-7-19-16)17-10-18-13)6-8-20(11)14(21)22-15(2,3)4/h10-11,19H,5-9H2,1-4H3,(H,17,18). The summed E-state index contributed by atoms with van der Waals surface area (Å²) in [5, 5.41) is 3.65. The summed E-state index contributed by atoms with van der Waals surface area (Å²) >= 11 is 0. The molecule has 0 aromatic carbocycles. The van der Waals surface area contributed by atoms with Crippen molar-refractivity contribution in [3.8, 4) is 0 Å². The third kappa shape index (κ3) is 2.72. The SMILES string of the molecule is CC1CC2(CCN1C(=O)OC(C)(C)C)NCCc1[nH]cnc12. The number of nitrogens with one attached hydrogen (secondary N) is 2. The second kappa shape index (κ2) is 5.26. The van der Waals surface area contributed by atoms with Crippen LogP contribution in [0.2, 0.25) is 0 Å². The average Bonchev–Trinajstić information content (AvgIpc) is 2.86. The summed E-state index contributed by atoms with van der Waals surface area (Å²) < 4.78 is 5.52. The fourth-order valence-electron chi connectivity index (χ4n) is 3.65. The Morgan fingerprint density at radius 2 is 2.27 bits per heavy atom. The van der Waals surface area contributed by atoms with Gasteiger partial charge in [0.05, 0.1) is 17.6 Å². The van der Waals surface area contributed by atoms with Crippen molar-refractivity contribution in [1.29, 1.82) is 0 Å². The zero-order chi connectivity index (χ0) is 16.0. The van der Waals surface area contributed by atoms with Crippen molar-refractivity contribution >= 4 is 6.09 Å². The highest BCUT2D eigenvalue weighted by Gasteiger charge is 2.45. The van der Waals surface area contributed by atoms with E-state index in [-0.39, 0.29) is 17.7 Å². The topological polar surface area (TPSA) is 70.2 Å². The van der Waals surface area contributed by atoms with Crippen molar-refractivity contribution in [1.82, 2.24) is 20.2 Å². The summed E-state index contributed by atoms with van der Waals surface area (Å²) in [6.45, 7) is 9.44. The summed E-state index contributed by atoms with van der Waals surface area (Å²) in [6.07, 6.45) is 4.29. The first-order chi connectivity index (χ1) is 10.3. The van der Waals surface area contributed by atoms with E-state index in [0.29, 0.717) is 6.54 Å². The average molecular weight is 306 g/mol. The number of fused-ring (bicyclic) bond motifs is 2. The van der Waals surface area contributed by atoms with Gasteiger partial charge in [0, 0.05) is 31.2 Å². The monoisotopic (exact) mass is 306 g/mol. The third-order valence-corrected chi connectivity index (χ3v) is 4.59. The Kier molecular flexibility index (Phi) is 3.67. The van der Waals surface area contributed by atoms with Crippen LogP contribution in [0.15, 0.2) is 6.33 Å². The van der Waals surface area contributed by atoms with Crippen LogP contribution in [0, 0.1) is 0 Å². The molecule has 6 nitrogen and oxygen atoms in total. The number of likely N-dealkylation sites (tertiary alicyclic amines) is 1. The summed E-state index contributed by atoms with van der Waals surface area (Å²) in [5.74, 6) is 0. The van der Waals surface area contributed by atoms with Crippen molar-refractivity contribution in [3.05, 3.63) is 17.7 Å². The number of imidazole rings is 1. The zero-order valence-corrected chi connectivity index (χ0v) is 13.9. The molecule has 2 aliphatic rings. The third-order valence-electron chi connectivity index (χ3n) is 4.59. The Morgan fingerprint density at radius 1 is 1.50 bits per heavy atom. The van der Waals surface area contributed by atoms with E-state index in [1.807, 2.05) is 25.7 Å². The largest absolute Gasteiger partial charge is 0.444 e. The van der Waals surface area contributed by atoms with Gasteiger partial charge in [0.25, 0.3) is 0 Å². The predicted octanol–water partition coefficient (Wildman–Crippen LogP) is 2.17. The van der Waals surface area contributed by atoms with Crippen molar-refractivity contribution in [2.75, 3.05) is 13.1 Å². The van der Waals surface area contributed by atoms with Gasteiger partial charge in [0.1, 0.15) is 5.60 Å². The van der Waals surface area contributed by atoms with E-state index < -0.39 is 5.60 Å². The van der Waals surface area contributed by atoms with Crippen LogP contribution >= 0.6 is 0 Å². The Labute approximate surface area is 131 Å². The highest BCUT2D eigenvalue weighted by atomic mass is 16.6. The number of aromatic nitrogens is 2. The number of carbonyl (C=O) groups is 1. The number of rotatable bonds is 0. The molecule has 3 rings (SSSR count). The Morgan fingerprint density at radius 3 is 2.95 bits per heavy atom. The van der Waals surface area contributed by atoms with Gasteiger partial charge in [-0.25, -0.2) is 9.78 Å². The molecule has 6 heteroatoms. The number of hydrogen-bond donors (Lipinski definition) is 2. The molecule has 1 amide bonds. The molecule has 1 saturated heterocycles. The van der Waals surface area contributed by atoms with Crippen LogP contribution in [0.1, 0.15) is 51.9 Å². The minimum absolute atomic E-state index is 0.106. The van der Waals surface area contributed by atoms with Crippen LogP contribution in [-0.4, -0.2) is 45.7 Å². The van der Waals surface area contributed by atoms with E-state index in [0.717, 1.165) is 31.5 Å². The minimum atomic E-state index is -0.454. The second-order valence-electron chi connectivity index (χ2n) is 7.47. The highest BCUT2D eigenvalue weighted by molar-refractivity contribution is 5.68. The van der Waals surface area contributed by atoms with Gasteiger partial charge < -0.3 is 19.9 Å². The molecule has 2 N–H and O–H groups in total. The molecule has 0 saturated carbocycles. The normalized spacial score (nSPS) is 28.5. The lowest BCUT2D eigenvalue weighted by atomic mass is 9.78. The Hall–Kier alpha value is -1.56. The van der Waals surface area contributed by atoms with Crippen LogP contribution in [0.5, 0.6) is 0 Å². The maximum atomic E-state index is 12.4. The molecule has 2 atom stereocenters. The summed E-state index contributed by atoms with van der Waals surface area (Å²) in [5.41, 5.74) is 1.81. The van der Waals surface area contributed by atoms with E-state index in [4.69, 9.17) is 4.74 Å². The Bertz CT molecular complexity index is 563. The second-order valence-corrected chi connectivity index (χ2v) is 7.47. The van der Waals surface area contributed by atoms with Crippen LogP contribution in [0.3, 0.4) is 0 Å². The first-order valence-electron chi connectivity index (χ1n) is 8.08. The fraction of sp³-hybridized carbons (Fsp3) is 0.750. The molecule has 22 heavy (non-hydrogen) atoms. The van der Waals surface area contributed by atoms with Gasteiger partial charge in [-0.1, -0.05) is 0 Å². The van der Waals surface area contributed by atoms with E-state index in [9.17, 15) is 4.79 Å². The van der Waals surface area contributed by atoms with Gasteiger partial charge in [-0.3, -0.25) is 0 Å². The minimum Gasteiger partial charge on any atom is -0.444 e. The van der Waals surface area contributed by atoms with Crippen LogP contribution in [0.25, 0.3) is 0 Å². The van der Waals surface area contributed by atoms with Crippen LogP contribution < -0.4 is 5.32 Å². The molecule has 2 aliphatic heterocycles. The molecule has 3 heterocycles. The summed E-state index contributed by atoms with van der Waals surface area (Å²) in [4.78, 5) is 22.0. The number of carbonyl (C=O) groups excluding carboxylic acids is 1. The smallest absolute Gasteiger partial charge is 0.410 e. The molecule has 1 aromatic heterocycles. The number of hydrogen-bond acceptors (Lipinski definition) is 4. The maximum absolute atomic E-state index is 12.4. The van der Waals surface area contributed by atoms with E-state index in [1.54, 1.807) is 6.33 Å². The molecule has 2 unspecified atom stereocenters. The van der Waals surface area contributed by atoms with Gasteiger partial charge in [0.2, 0.25) is 0 Å². The van der Waals surface area contributed by atoms with E-state index in [2.05, 4.69) is 22.2 Å². The van der Waals surface area contributed by atoms with Gasteiger partial charge >= 0.3 is 6.09 Å². The quantitative estimate of drug-likeness (QED) is 0.770. The lowest BCUT2D eigenvalue weighted by Crippen LogP contribution is -2.58. The summed E-state index contributed by atoms with van der Waals surface area (Å²) in [7, 11) is 0. The number of piperidine rings is 1. The number of nitrogens with zero attached hydrogens (tertiary/aromatic N) is 2. The first kappa shape index (κ1) is 15.3. The molecule has 1 aromatic rings. The first-order valence-corrected chi connectivity index (χ1v) is 8.08. The van der Waals surface area contributed by atoms with Crippen molar-refractivity contribution in [2.24, 2.45) is 0 Å².